The molecule has 1 atom stereocenters. The molecule has 1 aliphatic rings. The molecule has 8 heteroatoms. The van der Waals surface area contributed by atoms with Gasteiger partial charge in [0, 0.05) is 36.1 Å². The number of hydrogen-bond donors (Lipinski definition) is 1. The van der Waals surface area contributed by atoms with Gasteiger partial charge in [-0.2, -0.15) is 4.31 Å². The summed E-state index contributed by atoms with van der Waals surface area (Å²) >= 11 is 0. The second-order valence-corrected chi connectivity index (χ2v) is 7.86. The molecule has 2 N–H and O–H groups in total. The van der Waals surface area contributed by atoms with E-state index in [2.05, 4.69) is 4.98 Å². The van der Waals surface area contributed by atoms with Gasteiger partial charge in [0.05, 0.1) is 12.0 Å². The van der Waals surface area contributed by atoms with Crippen molar-refractivity contribution >= 4 is 26.8 Å². The lowest BCUT2D eigenvalue weighted by Gasteiger charge is -2.34. The van der Waals surface area contributed by atoms with Crippen LogP contribution in [0.25, 0.3) is 10.8 Å². The zero-order valence-corrected chi connectivity index (χ0v) is 14.8. The summed E-state index contributed by atoms with van der Waals surface area (Å²) in [7, 11) is -2.46. The second kappa shape index (κ2) is 7.07. The van der Waals surface area contributed by atoms with Crippen molar-refractivity contribution in [2.45, 2.75) is 30.2 Å². The van der Waals surface area contributed by atoms with Crippen LogP contribution in [0.5, 0.6) is 0 Å². The number of aromatic nitrogens is 1. The number of esters is 1. The summed E-state index contributed by atoms with van der Waals surface area (Å²) in [4.78, 5) is 16.1. The number of nitrogens with two attached hydrogens (primary N) is 1. The van der Waals surface area contributed by atoms with Crippen LogP contribution in [0, 0.1) is 0 Å². The van der Waals surface area contributed by atoms with Crippen molar-refractivity contribution in [2.24, 2.45) is 5.73 Å². The summed E-state index contributed by atoms with van der Waals surface area (Å²) in [5.74, 6) is -0.599. The maximum atomic E-state index is 13.3. The standard InChI is InChI=1S/C17H21N3O4S/c1-24-17(21)16-14-6-4-7-15(13(14)8-9-19-16)25(22,23)20-10-3-2-5-12(20)11-18/h4,6-9,12H,2-3,5,10-11,18H2,1H3. The zero-order chi connectivity index (χ0) is 18.0. The van der Waals surface area contributed by atoms with Crippen LogP contribution in [0.1, 0.15) is 29.8 Å². The van der Waals surface area contributed by atoms with Crippen molar-refractivity contribution in [3.63, 3.8) is 0 Å². The third-order valence-electron chi connectivity index (χ3n) is 4.58. The van der Waals surface area contributed by atoms with Crippen molar-refractivity contribution in [3.8, 4) is 0 Å². The molecule has 1 fully saturated rings. The van der Waals surface area contributed by atoms with Crippen LogP contribution in [0.15, 0.2) is 35.4 Å². The molecule has 7 nitrogen and oxygen atoms in total. The number of methoxy groups -OCH3 is 1. The van der Waals surface area contributed by atoms with Crippen LogP contribution < -0.4 is 5.73 Å². The van der Waals surface area contributed by atoms with E-state index in [1.54, 1.807) is 24.3 Å². The topological polar surface area (TPSA) is 103 Å². The van der Waals surface area contributed by atoms with E-state index in [9.17, 15) is 13.2 Å². The minimum absolute atomic E-state index is 0.103. The first-order valence-electron chi connectivity index (χ1n) is 8.18. The molecular formula is C17H21N3O4S. The van der Waals surface area contributed by atoms with E-state index in [0.29, 0.717) is 23.9 Å². The van der Waals surface area contributed by atoms with Crippen molar-refractivity contribution in [1.29, 1.82) is 0 Å². The first-order valence-corrected chi connectivity index (χ1v) is 9.62. The smallest absolute Gasteiger partial charge is 0.357 e. The average Bonchev–Trinajstić information content (AvgIpc) is 2.66. The molecule has 25 heavy (non-hydrogen) atoms. The molecular weight excluding hydrogens is 342 g/mol. The fourth-order valence-corrected chi connectivity index (χ4v) is 5.23. The van der Waals surface area contributed by atoms with E-state index < -0.39 is 16.0 Å². The van der Waals surface area contributed by atoms with Crippen LogP contribution in [0.2, 0.25) is 0 Å². The van der Waals surface area contributed by atoms with E-state index >= 15 is 0 Å². The number of rotatable bonds is 4. The monoisotopic (exact) mass is 363 g/mol. The Labute approximate surface area is 146 Å². The lowest BCUT2D eigenvalue weighted by molar-refractivity contribution is 0.0596. The van der Waals surface area contributed by atoms with E-state index in [1.807, 2.05) is 0 Å². The highest BCUT2D eigenvalue weighted by molar-refractivity contribution is 7.89. The Balaban J connectivity index is 2.16. The van der Waals surface area contributed by atoms with Gasteiger partial charge >= 0.3 is 5.97 Å². The molecule has 2 heterocycles. The van der Waals surface area contributed by atoms with Gasteiger partial charge in [-0.1, -0.05) is 18.6 Å². The van der Waals surface area contributed by atoms with Gasteiger partial charge in [-0.25, -0.2) is 18.2 Å². The predicted octanol–water partition coefficient (Wildman–Crippen LogP) is 1.52. The van der Waals surface area contributed by atoms with Crippen molar-refractivity contribution in [3.05, 3.63) is 36.2 Å². The van der Waals surface area contributed by atoms with Gasteiger partial charge in [0.25, 0.3) is 0 Å². The third kappa shape index (κ3) is 3.12. The molecule has 1 aliphatic heterocycles. The van der Waals surface area contributed by atoms with Gasteiger partial charge in [-0.3, -0.25) is 0 Å². The number of carbonyl (C=O) groups excluding carboxylic acids is 1. The minimum Gasteiger partial charge on any atom is -0.464 e. The third-order valence-corrected chi connectivity index (χ3v) is 6.59. The largest absolute Gasteiger partial charge is 0.464 e. The number of sulfonamides is 1. The lowest BCUT2D eigenvalue weighted by Crippen LogP contribution is -2.47. The maximum absolute atomic E-state index is 13.3. The average molecular weight is 363 g/mol. The molecule has 134 valence electrons. The molecule has 0 spiro atoms. The Hall–Kier alpha value is -2.03. The maximum Gasteiger partial charge on any atom is 0.357 e. The number of ether oxygens (including phenoxy) is 1. The lowest BCUT2D eigenvalue weighted by atomic mass is 10.1. The summed E-state index contributed by atoms with van der Waals surface area (Å²) in [5.41, 5.74) is 5.89. The van der Waals surface area contributed by atoms with Crippen LogP contribution in [0.4, 0.5) is 0 Å². The van der Waals surface area contributed by atoms with Crippen LogP contribution in [-0.4, -0.2) is 49.9 Å². The highest BCUT2D eigenvalue weighted by Gasteiger charge is 2.34. The number of fused-ring (bicyclic) bond motifs is 1. The highest BCUT2D eigenvalue weighted by Crippen LogP contribution is 2.30. The zero-order valence-electron chi connectivity index (χ0n) is 14.0. The summed E-state index contributed by atoms with van der Waals surface area (Å²) in [6, 6.07) is 6.25. The number of carbonyl (C=O) groups is 1. The molecule has 1 aromatic carbocycles. The molecule has 0 bridgehead atoms. The van der Waals surface area contributed by atoms with Gasteiger partial charge in [-0.15, -0.1) is 0 Å². The highest BCUT2D eigenvalue weighted by atomic mass is 32.2. The number of piperidine rings is 1. The molecule has 0 amide bonds. The molecule has 1 unspecified atom stereocenters. The van der Waals surface area contributed by atoms with Gasteiger partial charge in [0.15, 0.2) is 5.69 Å². The Morgan fingerprint density at radius 1 is 1.32 bits per heavy atom. The van der Waals surface area contributed by atoms with Crippen LogP contribution >= 0.6 is 0 Å². The van der Waals surface area contributed by atoms with Crippen molar-refractivity contribution < 1.29 is 17.9 Å². The number of benzene rings is 1. The first-order chi connectivity index (χ1) is 12.0. The van der Waals surface area contributed by atoms with Gasteiger partial charge in [0.2, 0.25) is 10.0 Å². The SMILES string of the molecule is COC(=O)c1nccc2c(S(=O)(=O)N3CCCCC3CN)cccc12. The summed E-state index contributed by atoms with van der Waals surface area (Å²) in [6.07, 6.45) is 3.97. The summed E-state index contributed by atoms with van der Waals surface area (Å²) < 4.78 is 32.7. The Morgan fingerprint density at radius 3 is 2.84 bits per heavy atom. The second-order valence-electron chi connectivity index (χ2n) is 6.00. The summed E-state index contributed by atoms with van der Waals surface area (Å²) in [5, 5.41) is 0.913. The van der Waals surface area contributed by atoms with Gasteiger partial charge in [0.1, 0.15) is 0 Å². The normalized spacial score (nSPS) is 19.0. The Morgan fingerprint density at radius 2 is 2.12 bits per heavy atom. The summed E-state index contributed by atoms with van der Waals surface area (Å²) in [6.45, 7) is 0.745. The Kier molecular flexibility index (Phi) is 5.03. The van der Waals surface area contributed by atoms with Gasteiger partial charge < -0.3 is 10.5 Å². The fourth-order valence-electron chi connectivity index (χ4n) is 3.31. The molecule has 1 aromatic heterocycles. The molecule has 2 aromatic rings. The molecule has 0 saturated carbocycles. The number of hydrogen-bond acceptors (Lipinski definition) is 6. The van der Waals surface area contributed by atoms with Crippen LogP contribution in [-0.2, 0) is 14.8 Å². The van der Waals surface area contributed by atoms with Crippen LogP contribution in [0.3, 0.4) is 0 Å². The van der Waals surface area contributed by atoms with Crippen molar-refractivity contribution in [1.82, 2.24) is 9.29 Å². The molecule has 3 rings (SSSR count). The van der Waals surface area contributed by atoms with E-state index in [1.165, 1.54) is 17.6 Å². The quantitative estimate of drug-likeness (QED) is 0.826. The Bertz CT molecular complexity index is 898. The van der Waals surface area contributed by atoms with Gasteiger partial charge in [-0.05, 0) is 25.0 Å². The first kappa shape index (κ1) is 17.8. The predicted molar refractivity (Wildman–Crippen MR) is 93.7 cm³/mol. The van der Waals surface area contributed by atoms with E-state index in [0.717, 1.165) is 19.3 Å². The molecule has 1 saturated heterocycles. The number of nitrogens with zero attached hydrogens (tertiary/aromatic N) is 2. The number of pyridine rings is 1. The minimum atomic E-state index is -3.73. The van der Waals surface area contributed by atoms with E-state index in [4.69, 9.17) is 10.5 Å². The fraction of sp³-hybridized carbons (Fsp3) is 0.412. The van der Waals surface area contributed by atoms with E-state index in [-0.39, 0.29) is 16.6 Å². The molecule has 0 radical (unpaired) electrons. The van der Waals surface area contributed by atoms with Crippen molar-refractivity contribution in [2.75, 3.05) is 20.2 Å². The molecule has 0 aliphatic carbocycles.